The standard InChI is InChI=1S/C22H19F4N3O3.C2HF3O2/c1-30-17-3-2-4-18(12-17)32-21-27-13-19(23)20(28-21)14-9-15(22(24,25)26)11-16(10-14)29-5-7-31-8-6-29;3-2(4,5)1(6)7/h2-4,9-13H,5-8H2,1H3;(H,6,7). The number of hydrogen-bond donors (Lipinski definition) is 1. The molecule has 39 heavy (non-hydrogen) atoms. The molecule has 15 heteroatoms. The molecule has 1 fully saturated rings. The van der Waals surface area contributed by atoms with Crippen molar-refractivity contribution >= 4 is 11.7 Å². The van der Waals surface area contributed by atoms with Crippen LogP contribution in [0.4, 0.5) is 36.4 Å². The van der Waals surface area contributed by atoms with E-state index in [1.165, 1.54) is 13.2 Å². The number of anilines is 1. The number of alkyl halides is 6. The summed E-state index contributed by atoms with van der Waals surface area (Å²) in [5, 5.41) is 7.12. The van der Waals surface area contributed by atoms with Crippen LogP contribution in [0.25, 0.3) is 11.3 Å². The van der Waals surface area contributed by atoms with Crippen molar-refractivity contribution < 1.29 is 54.8 Å². The van der Waals surface area contributed by atoms with Gasteiger partial charge in [0, 0.05) is 30.4 Å². The van der Waals surface area contributed by atoms with Crippen LogP contribution in [0.1, 0.15) is 5.56 Å². The largest absolute Gasteiger partial charge is 0.497 e. The fourth-order valence-electron chi connectivity index (χ4n) is 3.29. The molecule has 1 aliphatic rings. The van der Waals surface area contributed by atoms with Gasteiger partial charge in [-0.15, -0.1) is 0 Å². The number of methoxy groups -OCH3 is 1. The van der Waals surface area contributed by atoms with Crippen molar-refractivity contribution in [3.63, 3.8) is 0 Å². The number of aromatic nitrogens is 2. The number of carboxylic acid groups (broad SMARTS) is 1. The molecule has 4 rings (SSSR count). The molecule has 0 aliphatic carbocycles. The summed E-state index contributed by atoms with van der Waals surface area (Å²) in [7, 11) is 1.49. The van der Waals surface area contributed by atoms with Gasteiger partial charge in [-0.05, 0) is 30.3 Å². The normalized spacial score (nSPS) is 13.8. The molecule has 1 N–H and O–H groups in total. The Morgan fingerprint density at radius 2 is 1.67 bits per heavy atom. The molecule has 0 atom stereocenters. The Kier molecular flexibility index (Phi) is 9.16. The van der Waals surface area contributed by atoms with Crippen LogP contribution < -0.4 is 14.4 Å². The summed E-state index contributed by atoms with van der Waals surface area (Å²) >= 11 is 0. The molecule has 2 aromatic carbocycles. The first kappa shape index (κ1) is 29.4. The lowest BCUT2D eigenvalue weighted by Gasteiger charge is -2.29. The second-order valence-corrected chi connectivity index (χ2v) is 7.80. The molecule has 1 aliphatic heterocycles. The molecule has 210 valence electrons. The quantitative estimate of drug-likeness (QED) is 0.403. The summed E-state index contributed by atoms with van der Waals surface area (Å²) < 4.78 is 103. The number of hydrogen-bond acceptors (Lipinski definition) is 7. The van der Waals surface area contributed by atoms with Gasteiger partial charge in [0.15, 0.2) is 5.82 Å². The highest BCUT2D eigenvalue weighted by molar-refractivity contribution is 5.73. The number of nitrogens with zero attached hydrogens (tertiary/aromatic N) is 3. The molecule has 2 heterocycles. The molecular weight excluding hydrogens is 543 g/mol. The van der Waals surface area contributed by atoms with Gasteiger partial charge in [0.2, 0.25) is 0 Å². The highest BCUT2D eigenvalue weighted by Crippen LogP contribution is 2.37. The van der Waals surface area contributed by atoms with Gasteiger partial charge in [-0.25, -0.2) is 14.2 Å². The lowest BCUT2D eigenvalue weighted by atomic mass is 10.0. The van der Waals surface area contributed by atoms with Gasteiger partial charge >= 0.3 is 24.3 Å². The van der Waals surface area contributed by atoms with Crippen LogP contribution in [-0.2, 0) is 15.7 Å². The lowest BCUT2D eigenvalue weighted by molar-refractivity contribution is -0.192. The van der Waals surface area contributed by atoms with E-state index in [4.69, 9.17) is 24.1 Å². The van der Waals surface area contributed by atoms with Crippen LogP contribution in [0.5, 0.6) is 17.5 Å². The van der Waals surface area contributed by atoms with Crippen LogP contribution in [0, 0.1) is 5.82 Å². The fraction of sp³-hybridized carbons (Fsp3) is 0.292. The summed E-state index contributed by atoms with van der Waals surface area (Å²) in [6.07, 6.45) is -8.83. The van der Waals surface area contributed by atoms with E-state index in [1.54, 1.807) is 29.2 Å². The monoisotopic (exact) mass is 563 g/mol. The third-order valence-electron chi connectivity index (χ3n) is 5.11. The Morgan fingerprint density at radius 1 is 1.03 bits per heavy atom. The number of carbonyl (C=O) groups is 1. The zero-order valence-electron chi connectivity index (χ0n) is 20.0. The molecule has 3 aromatic rings. The molecule has 0 bridgehead atoms. The lowest BCUT2D eigenvalue weighted by Crippen LogP contribution is -2.36. The minimum atomic E-state index is -5.08. The second-order valence-electron chi connectivity index (χ2n) is 7.80. The molecular formula is C24H20F7N3O5. The number of ether oxygens (including phenoxy) is 3. The zero-order valence-corrected chi connectivity index (χ0v) is 20.0. The average molecular weight is 563 g/mol. The van der Waals surface area contributed by atoms with Crippen molar-refractivity contribution in [2.75, 3.05) is 38.3 Å². The van der Waals surface area contributed by atoms with E-state index in [1.807, 2.05) is 0 Å². The summed E-state index contributed by atoms with van der Waals surface area (Å²) in [5.74, 6) is -2.76. The first-order chi connectivity index (χ1) is 18.3. The Hall–Kier alpha value is -4.14. The van der Waals surface area contributed by atoms with E-state index in [0.717, 1.165) is 18.3 Å². The maximum absolute atomic E-state index is 14.6. The highest BCUT2D eigenvalue weighted by atomic mass is 19.4. The maximum atomic E-state index is 14.6. The number of morpholine rings is 1. The maximum Gasteiger partial charge on any atom is 0.490 e. The first-order valence-corrected chi connectivity index (χ1v) is 11.0. The Labute approximate surface area is 216 Å². The van der Waals surface area contributed by atoms with Crippen LogP contribution >= 0.6 is 0 Å². The zero-order chi connectivity index (χ0) is 28.8. The van der Waals surface area contributed by atoms with E-state index >= 15 is 0 Å². The smallest absolute Gasteiger partial charge is 0.490 e. The predicted molar refractivity (Wildman–Crippen MR) is 122 cm³/mol. The molecule has 1 saturated heterocycles. The molecule has 0 spiro atoms. The van der Waals surface area contributed by atoms with E-state index in [9.17, 15) is 30.7 Å². The van der Waals surface area contributed by atoms with E-state index in [-0.39, 0.29) is 17.3 Å². The van der Waals surface area contributed by atoms with Crippen molar-refractivity contribution in [1.82, 2.24) is 9.97 Å². The first-order valence-electron chi connectivity index (χ1n) is 11.0. The SMILES string of the molecule is COc1cccc(Oc2ncc(F)c(-c3cc(N4CCOCC4)cc(C(F)(F)F)c3)n2)c1.O=C(O)C(F)(F)F. The van der Waals surface area contributed by atoms with Crippen molar-refractivity contribution in [2.24, 2.45) is 0 Å². The molecule has 0 saturated carbocycles. The van der Waals surface area contributed by atoms with Crippen LogP contribution in [-0.4, -0.2) is 60.6 Å². The van der Waals surface area contributed by atoms with Crippen molar-refractivity contribution in [2.45, 2.75) is 12.4 Å². The number of carboxylic acids is 1. The van der Waals surface area contributed by atoms with Gasteiger partial charge < -0.3 is 24.2 Å². The van der Waals surface area contributed by atoms with Crippen molar-refractivity contribution in [1.29, 1.82) is 0 Å². The molecule has 0 amide bonds. The Balaban J connectivity index is 0.000000532. The summed E-state index contributed by atoms with van der Waals surface area (Å²) in [6, 6.07) is 9.76. The molecule has 8 nitrogen and oxygen atoms in total. The molecule has 0 radical (unpaired) electrons. The number of rotatable bonds is 5. The molecule has 1 aromatic heterocycles. The summed E-state index contributed by atoms with van der Waals surface area (Å²) in [6.45, 7) is 1.65. The highest BCUT2D eigenvalue weighted by Gasteiger charge is 2.38. The minimum absolute atomic E-state index is 0.0308. The van der Waals surface area contributed by atoms with E-state index in [0.29, 0.717) is 43.5 Å². The summed E-state index contributed by atoms with van der Waals surface area (Å²) in [5.41, 5.74) is -0.911. The van der Waals surface area contributed by atoms with Crippen molar-refractivity contribution in [3.8, 4) is 28.8 Å². The van der Waals surface area contributed by atoms with Crippen LogP contribution in [0.3, 0.4) is 0 Å². The number of aliphatic carboxylic acids is 1. The fourth-order valence-corrected chi connectivity index (χ4v) is 3.29. The minimum Gasteiger partial charge on any atom is -0.497 e. The predicted octanol–water partition coefficient (Wildman–Crippen LogP) is 5.57. The number of halogens is 7. The van der Waals surface area contributed by atoms with E-state index in [2.05, 4.69) is 9.97 Å². The van der Waals surface area contributed by atoms with Gasteiger partial charge in [-0.1, -0.05) is 6.07 Å². The molecule has 0 unspecified atom stereocenters. The van der Waals surface area contributed by atoms with Crippen LogP contribution in [0.15, 0.2) is 48.7 Å². The third-order valence-corrected chi connectivity index (χ3v) is 5.11. The number of benzene rings is 2. The topological polar surface area (TPSA) is 94.0 Å². The van der Waals surface area contributed by atoms with Gasteiger partial charge in [-0.3, -0.25) is 0 Å². The van der Waals surface area contributed by atoms with E-state index < -0.39 is 29.7 Å². The van der Waals surface area contributed by atoms with Crippen LogP contribution in [0.2, 0.25) is 0 Å². The van der Waals surface area contributed by atoms with Gasteiger partial charge in [0.25, 0.3) is 0 Å². The average Bonchev–Trinajstić information content (AvgIpc) is 2.89. The summed E-state index contributed by atoms with van der Waals surface area (Å²) in [4.78, 5) is 18.5. The van der Waals surface area contributed by atoms with Gasteiger partial charge in [-0.2, -0.15) is 31.3 Å². The Morgan fingerprint density at radius 3 is 2.26 bits per heavy atom. The van der Waals surface area contributed by atoms with Gasteiger partial charge in [0.05, 0.1) is 32.1 Å². The Bertz CT molecular complexity index is 1300. The van der Waals surface area contributed by atoms with Crippen molar-refractivity contribution in [3.05, 3.63) is 60.0 Å². The third kappa shape index (κ3) is 8.17. The second kappa shape index (κ2) is 12.1. The van der Waals surface area contributed by atoms with Gasteiger partial charge in [0.1, 0.15) is 17.2 Å².